The van der Waals surface area contributed by atoms with Crippen LogP contribution < -0.4 is 0 Å². The molecule has 0 aromatic heterocycles. The molecule has 0 amide bonds. The van der Waals surface area contributed by atoms with E-state index in [2.05, 4.69) is 43.5 Å². The zero-order valence-electron chi connectivity index (χ0n) is 8.63. The maximum atomic E-state index is 3.51. The summed E-state index contributed by atoms with van der Waals surface area (Å²) in [4.78, 5) is 0. The first-order valence-corrected chi connectivity index (χ1v) is 5.07. The van der Waals surface area contributed by atoms with E-state index in [1.165, 1.54) is 19.3 Å². The van der Waals surface area contributed by atoms with Crippen LogP contribution in [0.5, 0.6) is 0 Å². The van der Waals surface area contributed by atoms with Crippen LogP contribution in [0, 0.1) is 0 Å². The Morgan fingerprint density at radius 3 is 2.38 bits per heavy atom. The fourth-order valence-electron chi connectivity index (χ4n) is 0.953. The quantitative estimate of drug-likeness (QED) is 0.306. The molecule has 0 N–H and O–H groups in total. The van der Waals surface area contributed by atoms with Gasteiger partial charge in [0.1, 0.15) is 0 Å². The molecule has 0 saturated carbocycles. The predicted molar refractivity (Wildman–Crippen MR) is 60.7 cm³/mol. The summed E-state index contributed by atoms with van der Waals surface area (Å²) < 4.78 is 0. The van der Waals surface area contributed by atoms with Gasteiger partial charge in [-0.2, -0.15) is 0 Å². The molecule has 0 aliphatic heterocycles. The third kappa shape index (κ3) is 11.0. The first-order chi connectivity index (χ1) is 6.41. The molecule has 13 heavy (non-hydrogen) atoms. The maximum absolute atomic E-state index is 3.51. The number of unbranched alkanes of at least 4 members (excludes halogenated alkanes) is 3. The molecule has 0 radical (unpaired) electrons. The summed E-state index contributed by atoms with van der Waals surface area (Å²) in [5.41, 5.74) is 2.76. The average Bonchev–Trinajstić information content (AvgIpc) is 2.16. The van der Waals surface area contributed by atoms with Crippen LogP contribution in [0.4, 0.5) is 0 Å². The lowest BCUT2D eigenvalue weighted by atomic mass is 10.2. The normalized spacial score (nSPS) is 10.8. The molecule has 0 nitrogen and oxygen atoms in total. The second-order valence-corrected chi connectivity index (χ2v) is 2.98. The second kappa shape index (κ2) is 11.0. The highest BCUT2D eigenvalue weighted by Gasteiger charge is 1.76. The van der Waals surface area contributed by atoms with Crippen molar-refractivity contribution in [3.8, 4) is 0 Å². The van der Waals surface area contributed by atoms with Crippen molar-refractivity contribution in [2.75, 3.05) is 0 Å². The standard InChI is InChI=1S/C13H20/c1-3-5-7-9-11-13-12-10-8-6-4-2/h5,10-13H,1,4,6-9H2,2H3. The molecule has 0 aromatic carbocycles. The Balaban J connectivity index is 3.29. The van der Waals surface area contributed by atoms with Gasteiger partial charge in [0.15, 0.2) is 0 Å². The van der Waals surface area contributed by atoms with E-state index < -0.39 is 0 Å². The van der Waals surface area contributed by atoms with E-state index >= 15 is 0 Å². The van der Waals surface area contributed by atoms with Crippen molar-refractivity contribution in [3.63, 3.8) is 0 Å². The first kappa shape index (κ1) is 12.0. The third-order valence-electron chi connectivity index (χ3n) is 1.73. The molecule has 0 bridgehead atoms. The molecule has 0 unspecified atom stereocenters. The summed E-state index contributed by atoms with van der Waals surface area (Å²) in [6.07, 6.45) is 16.5. The lowest BCUT2D eigenvalue weighted by Crippen LogP contribution is -1.65. The molecule has 0 saturated heterocycles. The molecule has 0 aromatic rings. The lowest BCUT2D eigenvalue weighted by Gasteiger charge is -1.86. The maximum Gasteiger partial charge on any atom is -0.0240 e. The van der Waals surface area contributed by atoms with E-state index in [4.69, 9.17) is 0 Å². The van der Waals surface area contributed by atoms with Gasteiger partial charge in [-0.05, 0) is 25.3 Å². The van der Waals surface area contributed by atoms with Gasteiger partial charge in [0.2, 0.25) is 0 Å². The minimum Gasteiger partial charge on any atom is -0.133 e. The fourth-order valence-corrected chi connectivity index (χ4v) is 0.953. The van der Waals surface area contributed by atoms with Crippen LogP contribution in [0.2, 0.25) is 0 Å². The van der Waals surface area contributed by atoms with Crippen molar-refractivity contribution < 1.29 is 0 Å². The van der Waals surface area contributed by atoms with E-state index in [0.717, 1.165) is 12.8 Å². The van der Waals surface area contributed by atoms with Crippen molar-refractivity contribution in [2.45, 2.75) is 39.0 Å². The van der Waals surface area contributed by atoms with Gasteiger partial charge in [-0.25, -0.2) is 0 Å². The summed E-state index contributed by atoms with van der Waals surface area (Å²) in [6, 6.07) is 0. The molecule has 0 atom stereocenters. The first-order valence-electron chi connectivity index (χ1n) is 5.07. The van der Waals surface area contributed by atoms with Crippen LogP contribution in [0.15, 0.2) is 42.7 Å². The topological polar surface area (TPSA) is 0 Å². The number of allylic oxidation sites excluding steroid dienone is 5. The third-order valence-corrected chi connectivity index (χ3v) is 1.73. The highest BCUT2D eigenvalue weighted by atomic mass is 13.8. The molecular formula is C13H20. The van der Waals surface area contributed by atoms with Crippen LogP contribution >= 0.6 is 0 Å². The Labute approximate surface area is 82.4 Å². The van der Waals surface area contributed by atoms with Gasteiger partial charge in [-0.15, -0.1) is 5.73 Å². The van der Waals surface area contributed by atoms with Crippen molar-refractivity contribution in [2.24, 2.45) is 0 Å². The Morgan fingerprint density at radius 2 is 1.77 bits per heavy atom. The Kier molecular flexibility index (Phi) is 10.2. The van der Waals surface area contributed by atoms with Gasteiger partial charge in [0, 0.05) is 0 Å². The highest BCUT2D eigenvalue weighted by molar-refractivity contribution is 5.02. The number of hydrogen-bond acceptors (Lipinski definition) is 0. The van der Waals surface area contributed by atoms with Crippen molar-refractivity contribution in [1.82, 2.24) is 0 Å². The van der Waals surface area contributed by atoms with Crippen molar-refractivity contribution in [3.05, 3.63) is 42.7 Å². The average molecular weight is 176 g/mol. The van der Waals surface area contributed by atoms with Gasteiger partial charge in [-0.1, -0.05) is 50.6 Å². The van der Waals surface area contributed by atoms with E-state index in [-0.39, 0.29) is 0 Å². The van der Waals surface area contributed by atoms with Crippen LogP contribution in [0.1, 0.15) is 39.0 Å². The molecule has 0 fully saturated rings. The zero-order chi connectivity index (χ0) is 9.78. The molecular weight excluding hydrogens is 156 g/mol. The molecule has 0 heterocycles. The largest absolute Gasteiger partial charge is 0.133 e. The van der Waals surface area contributed by atoms with E-state index in [9.17, 15) is 0 Å². The van der Waals surface area contributed by atoms with Crippen LogP contribution in [0.25, 0.3) is 0 Å². The van der Waals surface area contributed by atoms with Gasteiger partial charge in [0.25, 0.3) is 0 Å². The Bertz CT molecular complexity index is 190. The van der Waals surface area contributed by atoms with E-state index in [1.54, 1.807) is 0 Å². The number of hydrogen-bond donors (Lipinski definition) is 0. The minimum atomic E-state index is 1.04. The van der Waals surface area contributed by atoms with Crippen LogP contribution in [0.3, 0.4) is 0 Å². The SMILES string of the molecule is C=C=CCCC=CC=CCCCC. The Morgan fingerprint density at radius 1 is 1.08 bits per heavy atom. The van der Waals surface area contributed by atoms with Crippen molar-refractivity contribution in [1.29, 1.82) is 0 Å². The second-order valence-electron chi connectivity index (χ2n) is 2.98. The highest BCUT2D eigenvalue weighted by Crippen LogP contribution is 1.96. The summed E-state index contributed by atoms with van der Waals surface area (Å²) in [5, 5.41) is 0. The molecule has 0 aliphatic rings. The lowest BCUT2D eigenvalue weighted by molar-refractivity contribution is 0.815. The smallest absolute Gasteiger partial charge is 0.0240 e. The molecule has 0 aliphatic carbocycles. The fraction of sp³-hybridized carbons (Fsp3) is 0.462. The number of rotatable bonds is 7. The van der Waals surface area contributed by atoms with Gasteiger partial charge < -0.3 is 0 Å². The predicted octanol–water partition coefficient (Wildman–Crippen LogP) is 4.41. The Hall–Kier alpha value is -1.00. The van der Waals surface area contributed by atoms with E-state index in [1.807, 2.05) is 6.08 Å². The molecule has 72 valence electrons. The van der Waals surface area contributed by atoms with Crippen molar-refractivity contribution >= 4 is 0 Å². The summed E-state index contributed by atoms with van der Waals surface area (Å²) >= 11 is 0. The zero-order valence-corrected chi connectivity index (χ0v) is 8.63. The summed E-state index contributed by atoms with van der Waals surface area (Å²) in [5.74, 6) is 0. The minimum absolute atomic E-state index is 1.04. The summed E-state index contributed by atoms with van der Waals surface area (Å²) in [7, 11) is 0. The molecule has 0 heteroatoms. The molecule has 0 spiro atoms. The van der Waals surface area contributed by atoms with E-state index in [0.29, 0.717) is 0 Å². The van der Waals surface area contributed by atoms with Gasteiger partial charge >= 0.3 is 0 Å². The van der Waals surface area contributed by atoms with Crippen LogP contribution in [-0.2, 0) is 0 Å². The summed E-state index contributed by atoms with van der Waals surface area (Å²) in [6.45, 7) is 5.72. The monoisotopic (exact) mass is 176 g/mol. The van der Waals surface area contributed by atoms with Crippen LogP contribution in [-0.4, -0.2) is 0 Å². The van der Waals surface area contributed by atoms with Gasteiger partial charge in [-0.3, -0.25) is 0 Å². The van der Waals surface area contributed by atoms with Gasteiger partial charge in [0.05, 0.1) is 0 Å². The molecule has 0 rings (SSSR count).